The van der Waals surface area contributed by atoms with E-state index in [2.05, 4.69) is 51.3 Å². The molecule has 0 radical (unpaired) electrons. The number of thiocarbonyl (C=S) groups is 1. The van der Waals surface area contributed by atoms with E-state index in [-0.39, 0.29) is 5.11 Å². The molecule has 0 aromatic carbocycles. The third kappa shape index (κ3) is 32.7. The molecule has 0 atom stereocenters. The summed E-state index contributed by atoms with van der Waals surface area (Å²) in [5, 5.41) is 0.250. The van der Waals surface area contributed by atoms with Crippen LogP contribution in [0.25, 0.3) is 0 Å². The number of aromatic nitrogens is 1. The van der Waals surface area contributed by atoms with Gasteiger partial charge in [0, 0.05) is 24.6 Å². The quantitative estimate of drug-likeness (QED) is 0.671. The van der Waals surface area contributed by atoms with Crippen molar-refractivity contribution in [3.05, 3.63) is 30.6 Å². The van der Waals surface area contributed by atoms with E-state index in [0.717, 1.165) is 11.1 Å². The van der Waals surface area contributed by atoms with Crippen molar-refractivity contribution >= 4 is 45.7 Å². The molecule has 1 rings (SSSR count). The van der Waals surface area contributed by atoms with Crippen LogP contribution in [0.4, 0.5) is 0 Å². The first-order valence-corrected chi connectivity index (χ1v) is 8.50. The standard InChI is InChI=1S/C5H5N.CH4N2S.2BrH.Co/c1-2-4-6-5-3-1;2-1(3)4;;;/h1-5H;(H4,2,3,4);2*1H;/q;;;;+2/p-1. The average molecular weight is 375 g/mol. The van der Waals surface area contributed by atoms with Gasteiger partial charge in [0.15, 0.2) is 0 Å². The topological polar surface area (TPSA) is 66.5 Å². The number of halogens is 2. The van der Waals surface area contributed by atoms with Gasteiger partial charge in [-0.15, -0.1) is 0 Å². The monoisotopic (exact) mass is 373 g/mol. The number of hydrogen-bond donors (Lipinski definition) is 2. The van der Waals surface area contributed by atoms with Gasteiger partial charge >= 0.3 is 39.5 Å². The number of hydrogen-bond acceptors (Lipinski definition) is 2. The zero-order valence-corrected chi connectivity index (χ0v) is 11.6. The summed E-state index contributed by atoms with van der Waals surface area (Å²) in [6.07, 6.45) is 3.50. The van der Waals surface area contributed by atoms with Crippen molar-refractivity contribution in [2.75, 3.05) is 0 Å². The maximum absolute atomic E-state index is 4.73. The van der Waals surface area contributed by atoms with E-state index in [4.69, 9.17) is 5.73 Å². The first kappa shape index (κ1) is 15.9. The minimum Gasteiger partial charge on any atom is -0.265 e. The van der Waals surface area contributed by atoms with Gasteiger partial charge in [0.2, 0.25) is 0 Å². The summed E-state index contributed by atoms with van der Waals surface area (Å²) < 4.78 is 0. The molecular weight excluding hydrogens is 365 g/mol. The Morgan fingerprint density at radius 1 is 1.31 bits per heavy atom. The number of pyridine rings is 1. The molecular formula is C6H10Br2CoN3S+. The molecule has 13 heavy (non-hydrogen) atoms. The molecule has 1 aromatic heterocycles. The van der Waals surface area contributed by atoms with Gasteiger partial charge < -0.3 is 11.5 Å². The van der Waals surface area contributed by atoms with E-state index >= 15 is 0 Å². The van der Waals surface area contributed by atoms with E-state index in [1.54, 1.807) is 12.4 Å². The molecule has 0 aliphatic heterocycles. The Balaban J connectivity index is 0. The zero-order valence-electron chi connectivity index (χ0n) is 6.62. The molecule has 77 valence electrons. The third-order valence-electron chi connectivity index (χ3n) is 0.566. The summed E-state index contributed by atoms with van der Waals surface area (Å²) in [5.74, 6) is 0. The first-order chi connectivity index (χ1) is 6.15. The van der Waals surface area contributed by atoms with E-state index in [0.29, 0.717) is 0 Å². The number of nitrogens with zero attached hydrogens (tertiary/aromatic N) is 1. The predicted molar refractivity (Wildman–Crippen MR) is 61.8 cm³/mol. The zero-order chi connectivity index (χ0) is 10.5. The first-order valence-electron chi connectivity index (χ1n) is 2.95. The van der Waals surface area contributed by atoms with Crippen molar-refractivity contribution in [1.29, 1.82) is 0 Å². The van der Waals surface area contributed by atoms with E-state index in [9.17, 15) is 0 Å². The van der Waals surface area contributed by atoms with Gasteiger partial charge in [0.25, 0.3) is 5.11 Å². The molecule has 0 aliphatic rings. The van der Waals surface area contributed by atoms with Crippen LogP contribution in [-0.2, 0) is 11.1 Å². The van der Waals surface area contributed by atoms with Crippen LogP contribution in [0.5, 0.6) is 0 Å². The van der Waals surface area contributed by atoms with Crippen LogP contribution in [0, 0.1) is 0 Å². The summed E-state index contributed by atoms with van der Waals surface area (Å²) in [6, 6.07) is 5.72. The minimum atomic E-state index is 0.250. The Kier molecular flexibility index (Phi) is 18.3. The Labute approximate surface area is 103 Å². The van der Waals surface area contributed by atoms with E-state index in [1.807, 2.05) is 18.2 Å². The SMILES string of the molecule is NC([NH3+])=S.[Br][Co][Br].c1ccncc1. The largest absolute Gasteiger partial charge is 0.265 e. The molecule has 3 nitrogen and oxygen atoms in total. The minimum absolute atomic E-state index is 0.250. The Morgan fingerprint density at radius 3 is 1.69 bits per heavy atom. The average Bonchev–Trinajstić information content (AvgIpc) is 2.08. The van der Waals surface area contributed by atoms with Crippen LogP contribution in [0.3, 0.4) is 0 Å². The van der Waals surface area contributed by atoms with Gasteiger partial charge in [-0.2, -0.15) is 0 Å². The molecule has 5 N–H and O–H groups in total. The van der Waals surface area contributed by atoms with Gasteiger partial charge in [-0.1, -0.05) is 6.07 Å². The van der Waals surface area contributed by atoms with Gasteiger partial charge in [-0.3, -0.25) is 4.98 Å². The summed E-state index contributed by atoms with van der Waals surface area (Å²) in [7, 11) is 0. The number of nitrogens with two attached hydrogens (primary N) is 1. The Bertz CT molecular complexity index is 170. The maximum atomic E-state index is 4.73. The summed E-state index contributed by atoms with van der Waals surface area (Å²) >= 11 is 11.3. The second-order valence-corrected chi connectivity index (χ2v) is 7.32. The van der Waals surface area contributed by atoms with Crippen LogP contribution in [-0.4, -0.2) is 10.1 Å². The third-order valence-corrected chi connectivity index (χ3v) is 0.566. The summed E-state index contributed by atoms with van der Waals surface area (Å²) in [5.41, 5.74) is 7.88. The van der Waals surface area contributed by atoms with Crippen LogP contribution in [0.1, 0.15) is 0 Å². The van der Waals surface area contributed by atoms with Crippen LogP contribution < -0.4 is 11.5 Å². The van der Waals surface area contributed by atoms with Crippen molar-refractivity contribution in [2.45, 2.75) is 0 Å². The van der Waals surface area contributed by atoms with Crippen LogP contribution >= 0.6 is 40.6 Å². The van der Waals surface area contributed by atoms with Crippen molar-refractivity contribution < 1.29 is 16.9 Å². The fraction of sp³-hybridized carbons (Fsp3) is 0. The van der Waals surface area contributed by atoms with Gasteiger partial charge in [0.1, 0.15) is 0 Å². The molecule has 0 aliphatic carbocycles. The van der Waals surface area contributed by atoms with Gasteiger partial charge in [-0.05, 0) is 12.1 Å². The fourth-order valence-electron chi connectivity index (χ4n) is 0.313. The van der Waals surface area contributed by atoms with E-state index < -0.39 is 0 Å². The molecule has 1 heterocycles. The molecule has 0 saturated carbocycles. The van der Waals surface area contributed by atoms with Crippen LogP contribution in [0.15, 0.2) is 30.6 Å². The number of quaternary nitrogens is 1. The molecule has 0 fully saturated rings. The van der Waals surface area contributed by atoms with Crippen molar-refractivity contribution in [3.8, 4) is 0 Å². The molecule has 7 heteroatoms. The van der Waals surface area contributed by atoms with Gasteiger partial charge in [-0.25, -0.2) is 0 Å². The Morgan fingerprint density at radius 2 is 1.62 bits per heavy atom. The maximum Gasteiger partial charge on any atom is 0.0267 e. The second-order valence-electron chi connectivity index (χ2n) is 1.54. The van der Waals surface area contributed by atoms with Gasteiger partial charge in [0.05, 0.1) is 0 Å². The van der Waals surface area contributed by atoms with Crippen molar-refractivity contribution in [2.24, 2.45) is 5.73 Å². The van der Waals surface area contributed by atoms with Crippen molar-refractivity contribution in [3.63, 3.8) is 0 Å². The smallest absolute Gasteiger partial charge is 0.0267 e. The van der Waals surface area contributed by atoms with E-state index in [1.165, 1.54) is 0 Å². The molecule has 0 bridgehead atoms. The van der Waals surface area contributed by atoms with Crippen LogP contribution in [0.2, 0.25) is 0 Å². The number of rotatable bonds is 0. The van der Waals surface area contributed by atoms with Crippen molar-refractivity contribution in [1.82, 2.24) is 4.98 Å². The summed E-state index contributed by atoms with van der Waals surface area (Å²) in [6.45, 7) is 0. The predicted octanol–water partition coefficient (Wildman–Crippen LogP) is 1.24. The molecule has 0 amide bonds. The molecule has 0 spiro atoms. The molecule has 1 aromatic rings. The summed E-state index contributed by atoms with van der Waals surface area (Å²) in [4.78, 5) is 3.78. The fourth-order valence-corrected chi connectivity index (χ4v) is 0.313. The normalized spacial score (nSPS) is 7.31. The molecule has 0 unspecified atom stereocenters. The Hall–Kier alpha value is 0.466. The molecule has 0 saturated heterocycles. The second kappa shape index (κ2) is 15.0.